The zero-order valence-corrected chi connectivity index (χ0v) is 19.4. The molecule has 0 bridgehead atoms. The number of benzene rings is 2. The zero-order chi connectivity index (χ0) is 23.0. The molecule has 6 nitrogen and oxygen atoms in total. The number of hydrogen-bond acceptors (Lipinski definition) is 5. The lowest BCUT2D eigenvalue weighted by atomic mass is 10.0. The highest BCUT2D eigenvalue weighted by atomic mass is 35.5. The number of amides is 2. The van der Waals surface area contributed by atoms with Gasteiger partial charge in [-0.15, -0.1) is 0 Å². The molecule has 0 aliphatic carbocycles. The van der Waals surface area contributed by atoms with Crippen LogP contribution in [-0.4, -0.2) is 48.1 Å². The molecule has 2 aliphatic heterocycles. The molecule has 2 aromatic rings. The highest BCUT2D eigenvalue weighted by Gasteiger charge is 2.43. The van der Waals surface area contributed by atoms with Crippen LogP contribution in [0.3, 0.4) is 0 Å². The Labute approximate surface area is 193 Å². The molecule has 2 aliphatic rings. The summed E-state index contributed by atoms with van der Waals surface area (Å²) in [5.41, 5.74) is 1.97. The van der Waals surface area contributed by atoms with Crippen LogP contribution in [0, 0.1) is 0 Å². The summed E-state index contributed by atoms with van der Waals surface area (Å²) in [7, 11) is 0. The van der Waals surface area contributed by atoms with Crippen molar-refractivity contribution in [3.63, 3.8) is 0 Å². The summed E-state index contributed by atoms with van der Waals surface area (Å²) >= 11 is 6.02. The standard InChI is InChI=1S/C25H27ClN2O4/c1-15(2)31-21-11-5-18(6-12-21)22-23(27-13-16(3)32-17(4)14-27)25(30)28(24(22)29)20-9-7-19(26)8-10-20/h5-12,15-17H,13-14H2,1-4H3. The van der Waals surface area contributed by atoms with Gasteiger partial charge in [0.15, 0.2) is 0 Å². The van der Waals surface area contributed by atoms with E-state index in [1.54, 1.807) is 24.3 Å². The minimum Gasteiger partial charge on any atom is -0.491 e. The van der Waals surface area contributed by atoms with Gasteiger partial charge < -0.3 is 14.4 Å². The van der Waals surface area contributed by atoms with Crippen molar-refractivity contribution in [2.75, 3.05) is 18.0 Å². The molecule has 1 saturated heterocycles. The normalized spacial score (nSPS) is 21.7. The molecule has 32 heavy (non-hydrogen) atoms. The zero-order valence-electron chi connectivity index (χ0n) is 18.7. The fourth-order valence-electron chi connectivity index (χ4n) is 4.23. The molecule has 0 radical (unpaired) electrons. The third-order valence-corrected chi connectivity index (χ3v) is 5.65. The van der Waals surface area contributed by atoms with E-state index in [0.717, 1.165) is 0 Å². The van der Waals surface area contributed by atoms with Gasteiger partial charge in [0.2, 0.25) is 0 Å². The second-order valence-corrected chi connectivity index (χ2v) is 8.94. The maximum atomic E-state index is 13.6. The fourth-order valence-corrected chi connectivity index (χ4v) is 4.36. The predicted molar refractivity (Wildman–Crippen MR) is 125 cm³/mol. The maximum Gasteiger partial charge on any atom is 0.282 e. The molecule has 2 unspecified atom stereocenters. The number of halogens is 1. The molecule has 0 spiro atoms. The van der Waals surface area contributed by atoms with Gasteiger partial charge in [0.05, 0.1) is 29.6 Å². The highest BCUT2D eigenvalue weighted by molar-refractivity contribution is 6.45. The highest BCUT2D eigenvalue weighted by Crippen LogP contribution is 2.36. The number of nitrogens with zero attached hydrogens (tertiary/aromatic N) is 2. The number of morpholine rings is 1. The van der Waals surface area contributed by atoms with Crippen LogP contribution >= 0.6 is 11.6 Å². The summed E-state index contributed by atoms with van der Waals surface area (Å²) in [4.78, 5) is 30.4. The molecule has 2 atom stereocenters. The lowest BCUT2D eigenvalue weighted by Gasteiger charge is -2.37. The third kappa shape index (κ3) is 4.38. The van der Waals surface area contributed by atoms with Crippen molar-refractivity contribution in [1.29, 1.82) is 0 Å². The first-order valence-corrected chi connectivity index (χ1v) is 11.2. The molecule has 0 saturated carbocycles. The van der Waals surface area contributed by atoms with Crippen LogP contribution in [0.1, 0.15) is 33.3 Å². The summed E-state index contributed by atoms with van der Waals surface area (Å²) < 4.78 is 11.6. The minimum atomic E-state index is -0.350. The van der Waals surface area contributed by atoms with Gasteiger partial charge in [0.25, 0.3) is 11.8 Å². The van der Waals surface area contributed by atoms with Gasteiger partial charge in [-0.3, -0.25) is 9.59 Å². The number of carbonyl (C=O) groups excluding carboxylic acids is 2. The van der Waals surface area contributed by atoms with Gasteiger partial charge in [-0.05, 0) is 69.7 Å². The average Bonchev–Trinajstić information content (AvgIpc) is 2.98. The third-order valence-electron chi connectivity index (χ3n) is 5.39. The SMILES string of the molecule is CC(C)Oc1ccc(C2=C(N3CC(C)OC(C)C3)C(=O)N(c3ccc(Cl)cc3)C2=O)cc1. The Kier molecular flexibility index (Phi) is 6.26. The first-order valence-electron chi connectivity index (χ1n) is 10.8. The number of hydrogen-bond donors (Lipinski definition) is 0. The molecule has 2 heterocycles. The van der Waals surface area contributed by atoms with Crippen molar-refractivity contribution < 1.29 is 19.1 Å². The molecule has 168 valence electrons. The second kappa shape index (κ2) is 8.96. The van der Waals surface area contributed by atoms with Gasteiger partial charge in [-0.1, -0.05) is 23.7 Å². The number of ether oxygens (including phenoxy) is 2. The Hall–Kier alpha value is -2.83. The smallest absolute Gasteiger partial charge is 0.282 e. The first-order chi connectivity index (χ1) is 15.2. The summed E-state index contributed by atoms with van der Waals surface area (Å²) in [5.74, 6) is 0.0265. The fraction of sp³-hybridized carbons (Fsp3) is 0.360. The van der Waals surface area contributed by atoms with E-state index in [0.29, 0.717) is 46.4 Å². The van der Waals surface area contributed by atoms with E-state index in [1.807, 2.05) is 56.9 Å². The Balaban J connectivity index is 1.78. The number of carbonyl (C=O) groups is 2. The molecule has 1 fully saturated rings. The topological polar surface area (TPSA) is 59.1 Å². The molecule has 4 rings (SSSR count). The molecular formula is C25H27ClN2O4. The van der Waals surface area contributed by atoms with Crippen LogP contribution in [0.25, 0.3) is 5.57 Å². The van der Waals surface area contributed by atoms with E-state index in [2.05, 4.69) is 0 Å². The maximum absolute atomic E-state index is 13.6. The Morgan fingerprint density at radius 1 is 0.938 bits per heavy atom. The summed E-state index contributed by atoms with van der Waals surface area (Å²) in [6.07, 6.45) is -0.0642. The predicted octanol–water partition coefficient (Wildman–Crippen LogP) is 4.52. The van der Waals surface area contributed by atoms with Gasteiger partial charge in [0.1, 0.15) is 11.4 Å². The van der Waals surface area contributed by atoms with Gasteiger partial charge in [0, 0.05) is 18.1 Å². The second-order valence-electron chi connectivity index (χ2n) is 8.50. The van der Waals surface area contributed by atoms with Crippen LogP contribution < -0.4 is 9.64 Å². The van der Waals surface area contributed by atoms with E-state index >= 15 is 0 Å². The van der Waals surface area contributed by atoms with E-state index in [9.17, 15) is 9.59 Å². The average molecular weight is 455 g/mol. The summed E-state index contributed by atoms with van der Waals surface area (Å²) in [5, 5.41) is 0.540. The van der Waals surface area contributed by atoms with E-state index in [4.69, 9.17) is 21.1 Å². The largest absolute Gasteiger partial charge is 0.491 e. The number of imide groups is 1. The van der Waals surface area contributed by atoms with Crippen molar-refractivity contribution in [2.45, 2.75) is 46.0 Å². The van der Waals surface area contributed by atoms with E-state index in [-0.39, 0.29) is 30.1 Å². The summed E-state index contributed by atoms with van der Waals surface area (Å²) in [6.45, 7) is 8.92. The monoisotopic (exact) mass is 454 g/mol. The molecule has 7 heteroatoms. The Bertz CT molecular complexity index is 1040. The van der Waals surface area contributed by atoms with Crippen molar-refractivity contribution >= 4 is 34.7 Å². The Morgan fingerprint density at radius 3 is 2.09 bits per heavy atom. The lowest BCUT2D eigenvalue weighted by Crippen LogP contribution is -2.47. The van der Waals surface area contributed by atoms with E-state index in [1.165, 1.54) is 4.90 Å². The quantitative estimate of drug-likeness (QED) is 0.621. The molecule has 0 aromatic heterocycles. The van der Waals surface area contributed by atoms with Crippen molar-refractivity contribution in [3.8, 4) is 5.75 Å². The van der Waals surface area contributed by atoms with Crippen LogP contribution in [-0.2, 0) is 14.3 Å². The van der Waals surface area contributed by atoms with Gasteiger partial charge in [-0.25, -0.2) is 4.90 Å². The van der Waals surface area contributed by atoms with Crippen molar-refractivity contribution in [3.05, 3.63) is 64.8 Å². The minimum absolute atomic E-state index is 0.0436. The van der Waals surface area contributed by atoms with Crippen molar-refractivity contribution in [1.82, 2.24) is 4.90 Å². The number of rotatable bonds is 5. The van der Waals surface area contributed by atoms with Gasteiger partial charge in [-0.2, -0.15) is 0 Å². The van der Waals surface area contributed by atoms with Crippen LogP contribution in [0.2, 0.25) is 5.02 Å². The summed E-state index contributed by atoms with van der Waals surface area (Å²) in [6, 6.07) is 14.0. The van der Waals surface area contributed by atoms with Gasteiger partial charge >= 0.3 is 0 Å². The van der Waals surface area contributed by atoms with Crippen LogP contribution in [0.5, 0.6) is 5.75 Å². The molecule has 2 amide bonds. The molecule has 2 aromatic carbocycles. The molecule has 0 N–H and O–H groups in total. The van der Waals surface area contributed by atoms with Crippen LogP contribution in [0.4, 0.5) is 5.69 Å². The number of anilines is 1. The van der Waals surface area contributed by atoms with E-state index < -0.39 is 0 Å². The van der Waals surface area contributed by atoms with Crippen molar-refractivity contribution in [2.24, 2.45) is 0 Å². The van der Waals surface area contributed by atoms with Crippen LogP contribution in [0.15, 0.2) is 54.2 Å². The first kappa shape index (κ1) is 22.4. The molecular weight excluding hydrogens is 428 g/mol. The lowest BCUT2D eigenvalue weighted by molar-refractivity contribution is -0.121. The Morgan fingerprint density at radius 2 is 1.53 bits per heavy atom.